The molecule has 7 heteroatoms. The molecule has 1 atom stereocenters. The van der Waals surface area contributed by atoms with Crippen molar-refractivity contribution in [3.8, 4) is 0 Å². The van der Waals surface area contributed by atoms with Gasteiger partial charge < -0.3 is 10.3 Å². The molecule has 3 heterocycles. The number of fused-ring (bicyclic) bond motifs is 4. The Hall–Kier alpha value is -4.13. The van der Waals surface area contributed by atoms with E-state index >= 15 is 0 Å². The van der Waals surface area contributed by atoms with Gasteiger partial charge >= 0.3 is 5.95 Å². The van der Waals surface area contributed by atoms with Crippen LogP contribution in [0.4, 0.5) is 5.95 Å². The molecule has 0 bridgehead atoms. The average Bonchev–Trinajstić information content (AvgIpc) is 3.32. The van der Waals surface area contributed by atoms with E-state index in [4.69, 9.17) is 15.7 Å². The van der Waals surface area contributed by atoms with Crippen LogP contribution in [-0.2, 0) is 6.54 Å². The molecular weight excluding hydrogens is 374 g/mol. The lowest BCUT2D eigenvalue weighted by atomic mass is 10.2. The Morgan fingerprint density at radius 2 is 1.70 bits per heavy atom. The third-order valence-electron chi connectivity index (χ3n) is 5.51. The number of imidazole rings is 2. The molecular formula is C23H20N7+. The molecule has 5 aromatic rings. The number of hydrogen-bond donors (Lipinski definition) is 3. The normalized spacial score (nSPS) is 15.7. The van der Waals surface area contributed by atoms with Crippen molar-refractivity contribution in [2.45, 2.75) is 12.7 Å². The third kappa shape index (κ3) is 2.56. The van der Waals surface area contributed by atoms with Crippen LogP contribution in [0.1, 0.15) is 17.6 Å². The predicted octanol–water partition coefficient (Wildman–Crippen LogP) is 3.14. The number of anilines is 1. The van der Waals surface area contributed by atoms with Crippen molar-refractivity contribution < 1.29 is 4.57 Å². The van der Waals surface area contributed by atoms with Gasteiger partial charge in [0.25, 0.3) is 5.96 Å². The van der Waals surface area contributed by atoms with E-state index in [0.717, 1.165) is 33.8 Å². The number of para-hydroxylation sites is 4. The Bertz CT molecular complexity index is 1410. The highest BCUT2D eigenvalue weighted by atomic mass is 15.4. The molecule has 0 amide bonds. The number of nitrogens with two attached hydrogens (primary N) is 1. The van der Waals surface area contributed by atoms with Crippen molar-refractivity contribution >= 4 is 34.0 Å². The monoisotopic (exact) mass is 394 g/mol. The topological polar surface area (TPSA) is 87.9 Å². The molecule has 0 fully saturated rings. The molecule has 0 unspecified atom stereocenters. The molecule has 0 saturated carbocycles. The van der Waals surface area contributed by atoms with Crippen molar-refractivity contribution in [3.63, 3.8) is 0 Å². The van der Waals surface area contributed by atoms with Gasteiger partial charge in [0.15, 0.2) is 5.82 Å². The number of rotatable bonds is 3. The number of H-pyrrole nitrogens is 1. The summed E-state index contributed by atoms with van der Waals surface area (Å²) in [5.41, 5.74) is 11.4. The molecule has 1 aliphatic heterocycles. The minimum Gasteiger partial charge on any atom is -0.357 e. The summed E-state index contributed by atoms with van der Waals surface area (Å²) in [6, 6.07) is 26.7. The van der Waals surface area contributed by atoms with Gasteiger partial charge in [0.1, 0.15) is 11.0 Å². The number of guanidine groups is 1. The van der Waals surface area contributed by atoms with Crippen LogP contribution in [-0.4, -0.2) is 20.5 Å². The maximum absolute atomic E-state index is 6.16. The van der Waals surface area contributed by atoms with Gasteiger partial charge in [0, 0.05) is 6.54 Å². The molecule has 3 aromatic carbocycles. The van der Waals surface area contributed by atoms with Crippen molar-refractivity contribution in [3.05, 3.63) is 90.3 Å². The van der Waals surface area contributed by atoms with Gasteiger partial charge in [-0.1, -0.05) is 54.6 Å². The summed E-state index contributed by atoms with van der Waals surface area (Å²) < 4.78 is 4.35. The molecule has 4 N–H and O–H groups in total. The largest absolute Gasteiger partial charge is 0.365 e. The Morgan fingerprint density at radius 3 is 2.60 bits per heavy atom. The zero-order valence-electron chi connectivity index (χ0n) is 16.2. The van der Waals surface area contributed by atoms with Crippen molar-refractivity contribution in [1.82, 2.24) is 14.5 Å². The highest BCUT2D eigenvalue weighted by Gasteiger charge is 2.34. The standard InChI is InChI=1S/C23H19N7/c24-22-27-21(30-19-13-7-5-11-17(19)26-23(30)28-22)20-25-16-10-4-6-12-18(16)29(20)14-15-8-2-1-3-9-15/h1-13,21H,14H2,(H3,24,26,27,28)/p+1/t21-/m1/s1. The van der Waals surface area contributed by atoms with Gasteiger partial charge in [-0.2, -0.15) is 9.56 Å². The highest BCUT2D eigenvalue weighted by molar-refractivity contribution is 5.92. The lowest BCUT2D eigenvalue weighted by Gasteiger charge is -2.19. The Morgan fingerprint density at radius 1 is 0.933 bits per heavy atom. The minimum absolute atomic E-state index is 0.366. The number of nitrogens with zero attached hydrogens (tertiary/aromatic N) is 4. The van der Waals surface area contributed by atoms with Crippen molar-refractivity contribution in [2.24, 2.45) is 10.7 Å². The first-order chi connectivity index (χ1) is 14.8. The van der Waals surface area contributed by atoms with Crippen LogP contribution in [0, 0.1) is 0 Å². The van der Waals surface area contributed by atoms with Crippen LogP contribution in [0.2, 0.25) is 0 Å². The smallest absolute Gasteiger partial charge is 0.357 e. The Balaban J connectivity index is 1.60. The maximum Gasteiger partial charge on any atom is 0.365 e. The molecule has 6 rings (SSSR count). The van der Waals surface area contributed by atoms with Gasteiger partial charge in [-0.3, -0.25) is 0 Å². The van der Waals surface area contributed by atoms with E-state index in [2.05, 4.69) is 55.8 Å². The second-order valence-electron chi connectivity index (χ2n) is 7.40. The molecule has 2 aromatic heterocycles. The van der Waals surface area contributed by atoms with Crippen LogP contribution >= 0.6 is 0 Å². The first-order valence-electron chi connectivity index (χ1n) is 9.89. The van der Waals surface area contributed by atoms with E-state index in [1.807, 2.05) is 42.5 Å². The Labute approximate surface area is 172 Å². The van der Waals surface area contributed by atoms with Gasteiger partial charge in [0.2, 0.25) is 6.17 Å². The maximum atomic E-state index is 6.16. The lowest BCUT2D eigenvalue weighted by Crippen LogP contribution is -2.48. The summed E-state index contributed by atoms with van der Waals surface area (Å²) in [5, 5.41) is 3.15. The van der Waals surface area contributed by atoms with Crippen LogP contribution < -0.4 is 15.6 Å². The van der Waals surface area contributed by atoms with E-state index in [0.29, 0.717) is 12.5 Å². The Kier molecular flexibility index (Phi) is 3.61. The number of benzene rings is 3. The predicted molar refractivity (Wildman–Crippen MR) is 117 cm³/mol. The lowest BCUT2D eigenvalue weighted by molar-refractivity contribution is -0.675. The number of aromatic nitrogens is 4. The summed E-state index contributed by atoms with van der Waals surface area (Å²) in [6.45, 7) is 0.703. The van der Waals surface area contributed by atoms with Gasteiger partial charge in [-0.15, -0.1) is 0 Å². The van der Waals surface area contributed by atoms with Crippen LogP contribution in [0.15, 0.2) is 83.9 Å². The molecule has 1 aliphatic rings. The average molecular weight is 394 g/mol. The molecule has 146 valence electrons. The summed E-state index contributed by atoms with van der Waals surface area (Å²) in [5.74, 6) is 2.01. The van der Waals surface area contributed by atoms with E-state index in [1.165, 1.54) is 5.56 Å². The zero-order chi connectivity index (χ0) is 20.1. The highest BCUT2D eigenvalue weighted by Crippen LogP contribution is 2.27. The molecule has 0 saturated heterocycles. The third-order valence-corrected chi connectivity index (χ3v) is 5.51. The van der Waals surface area contributed by atoms with Crippen molar-refractivity contribution in [1.29, 1.82) is 0 Å². The quantitative estimate of drug-likeness (QED) is 0.411. The fourth-order valence-electron chi connectivity index (χ4n) is 4.18. The summed E-state index contributed by atoms with van der Waals surface area (Å²) >= 11 is 0. The minimum atomic E-state index is -0.381. The van der Waals surface area contributed by atoms with Crippen LogP contribution in [0.3, 0.4) is 0 Å². The number of aliphatic imine (C=N–C) groups is 1. The zero-order valence-corrected chi connectivity index (χ0v) is 16.2. The van der Waals surface area contributed by atoms with Gasteiger partial charge in [-0.05, 0) is 29.8 Å². The summed E-state index contributed by atoms with van der Waals surface area (Å²) in [7, 11) is 0. The number of aromatic amines is 1. The van der Waals surface area contributed by atoms with E-state index in [9.17, 15) is 0 Å². The second kappa shape index (κ2) is 6.45. The molecule has 30 heavy (non-hydrogen) atoms. The van der Waals surface area contributed by atoms with E-state index in [1.54, 1.807) is 0 Å². The molecule has 0 radical (unpaired) electrons. The van der Waals surface area contributed by atoms with Crippen LogP contribution in [0.5, 0.6) is 0 Å². The van der Waals surface area contributed by atoms with E-state index in [-0.39, 0.29) is 6.17 Å². The first kappa shape index (κ1) is 16.8. The second-order valence-corrected chi connectivity index (χ2v) is 7.40. The molecule has 0 aliphatic carbocycles. The van der Waals surface area contributed by atoms with Crippen LogP contribution in [0.25, 0.3) is 22.1 Å². The fourth-order valence-corrected chi connectivity index (χ4v) is 4.18. The molecule has 0 spiro atoms. The summed E-state index contributed by atoms with van der Waals surface area (Å²) in [4.78, 5) is 13.1. The number of nitrogens with one attached hydrogen (secondary N) is 2. The fraction of sp³-hybridized carbons (Fsp3) is 0.0870. The molecule has 7 nitrogen and oxygen atoms in total. The van der Waals surface area contributed by atoms with Crippen molar-refractivity contribution in [2.75, 3.05) is 5.32 Å². The first-order valence-corrected chi connectivity index (χ1v) is 9.89. The SMILES string of the molecule is NC1=N[C@@H](c2nc3ccccc3n2Cc2ccccc2)[n+]2c([nH]c3ccccc32)N1. The van der Waals surface area contributed by atoms with Gasteiger partial charge in [-0.25, -0.2) is 15.3 Å². The summed E-state index contributed by atoms with van der Waals surface area (Å²) in [6.07, 6.45) is -0.381. The number of hydrogen-bond acceptors (Lipinski definition) is 4. The van der Waals surface area contributed by atoms with Gasteiger partial charge in [0.05, 0.1) is 11.0 Å². The van der Waals surface area contributed by atoms with E-state index < -0.39 is 0 Å².